The van der Waals surface area contributed by atoms with Crippen molar-refractivity contribution in [3.05, 3.63) is 59.5 Å². The summed E-state index contributed by atoms with van der Waals surface area (Å²) in [5.74, 6) is 0.556. The van der Waals surface area contributed by atoms with E-state index in [4.69, 9.17) is 9.15 Å². The SMILES string of the molecule is CCCCc1ccc(C(=O)N2C(C(=O)OC)CSC2c2ccco2)cc1. The Bertz CT molecular complexity index is 742. The first-order valence-corrected chi connectivity index (χ1v) is 9.85. The fourth-order valence-corrected chi connectivity index (χ4v) is 4.43. The van der Waals surface area contributed by atoms with E-state index < -0.39 is 12.0 Å². The number of amides is 1. The highest BCUT2D eigenvalue weighted by Gasteiger charge is 2.44. The van der Waals surface area contributed by atoms with Gasteiger partial charge in [-0.3, -0.25) is 4.79 Å². The van der Waals surface area contributed by atoms with Crippen molar-refractivity contribution in [2.24, 2.45) is 0 Å². The summed E-state index contributed by atoms with van der Waals surface area (Å²) in [4.78, 5) is 26.9. The summed E-state index contributed by atoms with van der Waals surface area (Å²) in [5.41, 5.74) is 1.78. The zero-order valence-corrected chi connectivity index (χ0v) is 15.8. The molecule has 1 aromatic heterocycles. The van der Waals surface area contributed by atoms with Crippen LogP contribution in [-0.4, -0.2) is 35.7 Å². The van der Waals surface area contributed by atoms with Crippen molar-refractivity contribution in [3.8, 4) is 0 Å². The van der Waals surface area contributed by atoms with Gasteiger partial charge >= 0.3 is 5.97 Å². The lowest BCUT2D eigenvalue weighted by atomic mass is 10.1. The molecule has 138 valence electrons. The molecule has 1 fully saturated rings. The van der Waals surface area contributed by atoms with E-state index in [0.29, 0.717) is 17.1 Å². The van der Waals surface area contributed by atoms with Crippen LogP contribution in [0.25, 0.3) is 0 Å². The lowest BCUT2D eigenvalue weighted by Crippen LogP contribution is -2.43. The highest BCUT2D eigenvalue weighted by atomic mass is 32.2. The van der Waals surface area contributed by atoms with E-state index in [9.17, 15) is 9.59 Å². The average Bonchev–Trinajstić information content (AvgIpc) is 3.34. The molecule has 0 radical (unpaired) electrons. The van der Waals surface area contributed by atoms with E-state index in [0.717, 1.165) is 19.3 Å². The largest absolute Gasteiger partial charge is 0.467 e. The number of carbonyl (C=O) groups is 2. The minimum Gasteiger partial charge on any atom is -0.467 e. The molecule has 1 amide bonds. The van der Waals surface area contributed by atoms with Gasteiger partial charge in [0.2, 0.25) is 0 Å². The van der Waals surface area contributed by atoms with Crippen LogP contribution in [0.3, 0.4) is 0 Å². The number of nitrogens with zero attached hydrogens (tertiary/aromatic N) is 1. The highest BCUT2D eigenvalue weighted by Crippen LogP contribution is 2.42. The van der Waals surface area contributed by atoms with Crippen molar-refractivity contribution in [2.75, 3.05) is 12.9 Å². The van der Waals surface area contributed by atoms with Crippen molar-refractivity contribution >= 4 is 23.6 Å². The van der Waals surface area contributed by atoms with E-state index in [1.165, 1.54) is 24.4 Å². The van der Waals surface area contributed by atoms with Gasteiger partial charge in [-0.05, 0) is 42.7 Å². The fraction of sp³-hybridized carbons (Fsp3) is 0.400. The second-order valence-electron chi connectivity index (χ2n) is 6.25. The maximum absolute atomic E-state index is 13.2. The van der Waals surface area contributed by atoms with Gasteiger partial charge in [0.05, 0.1) is 13.4 Å². The molecule has 2 aromatic rings. The molecule has 0 bridgehead atoms. The van der Waals surface area contributed by atoms with Crippen molar-refractivity contribution in [3.63, 3.8) is 0 Å². The normalized spacial score (nSPS) is 19.5. The summed E-state index contributed by atoms with van der Waals surface area (Å²) in [5, 5.41) is -0.332. The van der Waals surface area contributed by atoms with Crippen LogP contribution in [0.5, 0.6) is 0 Å². The number of esters is 1. The second-order valence-corrected chi connectivity index (χ2v) is 7.37. The van der Waals surface area contributed by atoms with Crippen LogP contribution in [0.15, 0.2) is 47.1 Å². The maximum Gasteiger partial charge on any atom is 0.329 e. The van der Waals surface area contributed by atoms with Crippen LogP contribution >= 0.6 is 11.8 Å². The van der Waals surface area contributed by atoms with Gasteiger partial charge < -0.3 is 14.1 Å². The number of unbranched alkanes of at least 4 members (excludes halogenated alkanes) is 1. The van der Waals surface area contributed by atoms with E-state index >= 15 is 0 Å². The molecular weight excluding hydrogens is 350 g/mol. The summed E-state index contributed by atoms with van der Waals surface area (Å²) in [7, 11) is 1.35. The summed E-state index contributed by atoms with van der Waals surface area (Å²) >= 11 is 1.51. The monoisotopic (exact) mass is 373 g/mol. The van der Waals surface area contributed by atoms with Crippen molar-refractivity contribution in [1.29, 1.82) is 0 Å². The van der Waals surface area contributed by atoms with Crippen LogP contribution in [0.2, 0.25) is 0 Å². The van der Waals surface area contributed by atoms with Crippen LogP contribution in [0.4, 0.5) is 0 Å². The molecule has 26 heavy (non-hydrogen) atoms. The summed E-state index contributed by atoms with van der Waals surface area (Å²) < 4.78 is 10.4. The zero-order valence-electron chi connectivity index (χ0n) is 15.0. The van der Waals surface area contributed by atoms with Gasteiger partial charge in [-0.25, -0.2) is 4.79 Å². The quantitative estimate of drug-likeness (QED) is 0.715. The molecule has 1 aromatic carbocycles. The molecule has 2 atom stereocenters. The molecule has 0 spiro atoms. The Labute approximate surface area is 157 Å². The molecule has 6 heteroatoms. The van der Waals surface area contributed by atoms with Crippen LogP contribution in [-0.2, 0) is 16.0 Å². The summed E-state index contributed by atoms with van der Waals surface area (Å²) in [6, 6.07) is 10.6. The third-order valence-electron chi connectivity index (χ3n) is 4.51. The smallest absolute Gasteiger partial charge is 0.329 e. The first kappa shape index (κ1) is 18.6. The Balaban J connectivity index is 1.85. The van der Waals surface area contributed by atoms with Crippen LogP contribution < -0.4 is 0 Å². The minimum atomic E-state index is -0.618. The Hall–Kier alpha value is -2.21. The first-order valence-electron chi connectivity index (χ1n) is 8.80. The number of ether oxygens (including phenoxy) is 1. The fourth-order valence-electron chi connectivity index (χ4n) is 3.07. The van der Waals surface area contributed by atoms with E-state index in [-0.39, 0.29) is 11.3 Å². The van der Waals surface area contributed by atoms with Crippen molar-refractivity contribution in [2.45, 2.75) is 37.6 Å². The number of carbonyl (C=O) groups excluding carboxylic acids is 2. The summed E-state index contributed by atoms with van der Waals surface area (Å²) in [6.45, 7) is 2.16. The molecule has 2 heterocycles. The Morgan fingerprint density at radius 1 is 1.27 bits per heavy atom. The van der Waals surface area contributed by atoms with Gasteiger partial charge in [0.1, 0.15) is 17.2 Å². The van der Waals surface area contributed by atoms with Crippen molar-refractivity contribution in [1.82, 2.24) is 4.90 Å². The first-order chi connectivity index (χ1) is 12.7. The minimum absolute atomic E-state index is 0.186. The Morgan fingerprint density at radius 3 is 2.65 bits per heavy atom. The Kier molecular flexibility index (Phi) is 6.04. The average molecular weight is 373 g/mol. The van der Waals surface area contributed by atoms with Crippen LogP contribution in [0, 0.1) is 0 Å². The van der Waals surface area contributed by atoms with E-state index in [1.807, 2.05) is 30.3 Å². The van der Waals surface area contributed by atoms with Gasteiger partial charge in [0.15, 0.2) is 0 Å². The van der Waals surface area contributed by atoms with E-state index in [1.54, 1.807) is 17.2 Å². The molecular formula is C20H23NO4S. The zero-order chi connectivity index (χ0) is 18.5. The van der Waals surface area contributed by atoms with Gasteiger partial charge in [-0.2, -0.15) is 0 Å². The van der Waals surface area contributed by atoms with Gasteiger partial charge in [-0.15, -0.1) is 11.8 Å². The lowest BCUT2D eigenvalue weighted by Gasteiger charge is -2.27. The van der Waals surface area contributed by atoms with Gasteiger partial charge in [-0.1, -0.05) is 25.5 Å². The number of benzene rings is 1. The third-order valence-corrected chi connectivity index (χ3v) is 5.80. The predicted octanol–water partition coefficient (Wildman–Crippen LogP) is 4.05. The second kappa shape index (κ2) is 8.45. The van der Waals surface area contributed by atoms with Gasteiger partial charge in [0.25, 0.3) is 5.91 Å². The number of aryl methyl sites for hydroxylation is 1. The highest BCUT2D eigenvalue weighted by molar-refractivity contribution is 7.99. The third kappa shape index (κ3) is 3.80. The number of rotatable bonds is 6. The molecule has 0 N–H and O–H groups in total. The molecule has 0 saturated carbocycles. The molecule has 1 saturated heterocycles. The van der Waals surface area contributed by atoms with Crippen LogP contribution in [0.1, 0.15) is 46.8 Å². The number of thioether (sulfide) groups is 1. The topological polar surface area (TPSA) is 59.8 Å². The predicted molar refractivity (Wildman–Crippen MR) is 101 cm³/mol. The molecule has 1 aliphatic rings. The molecule has 0 aliphatic carbocycles. The molecule has 2 unspecified atom stereocenters. The number of furan rings is 1. The maximum atomic E-state index is 13.2. The molecule has 3 rings (SSSR count). The number of hydrogen-bond donors (Lipinski definition) is 0. The molecule has 1 aliphatic heterocycles. The summed E-state index contributed by atoms with van der Waals surface area (Å²) in [6.07, 6.45) is 4.84. The lowest BCUT2D eigenvalue weighted by molar-refractivity contribution is -0.145. The van der Waals surface area contributed by atoms with Crippen molar-refractivity contribution < 1.29 is 18.7 Å². The van der Waals surface area contributed by atoms with Gasteiger partial charge in [0, 0.05) is 11.3 Å². The Morgan fingerprint density at radius 2 is 2.04 bits per heavy atom. The standard InChI is InChI=1S/C20H23NO4S/c1-3-4-6-14-8-10-15(11-9-14)18(22)21-16(20(23)24-2)13-26-19(21)17-7-5-12-25-17/h5,7-12,16,19H,3-4,6,13H2,1-2H3. The molecule has 5 nitrogen and oxygen atoms in total. The number of hydrogen-bond acceptors (Lipinski definition) is 5. The van der Waals surface area contributed by atoms with E-state index in [2.05, 4.69) is 6.92 Å². The number of methoxy groups -OCH3 is 1.